The molecular weight excluding hydrogens is 224 g/mol. The summed E-state index contributed by atoms with van der Waals surface area (Å²) in [5.41, 5.74) is 2.11. The van der Waals surface area contributed by atoms with Crippen LogP contribution in [-0.4, -0.2) is 18.1 Å². The molecule has 1 heterocycles. The predicted molar refractivity (Wildman–Crippen MR) is 75.3 cm³/mol. The molecule has 102 valence electrons. The first-order valence-electron chi connectivity index (χ1n) is 6.95. The van der Waals surface area contributed by atoms with Crippen LogP contribution < -0.4 is 5.32 Å². The van der Waals surface area contributed by atoms with Crippen LogP contribution >= 0.6 is 0 Å². The second-order valence-electron chi connectivity index (χ2n) is 5.05. The fourth-order valence-electron chi connectivity index (χ4n) is 1.62. The molecule has 0 saturated heterocycles. The number of unbranched alkanes of at least 4 members (excludes halogenated alkanes) is 1. The van der Waals surface area contributed by atoms with E-state index in [9.17, 15) is 0 Å². The molecule has 1 N–H and O–H groups in total. The van der Waals surface area contributed by atoms with Crippen molar-refractivity contribution >= 4 is 0 Å². The Morgan fingerprint density at radius 3 is 2.78 bits per heavy atom. The van der Waals surface area contributed by atoms with Gasteiger partial charge in [0.15, 0.2) is 0 Å². The van der Waals surface area contributed by atoms with E-state index in [1.165, 1.54) is 6.42 Å². The van der Waals surface area contributed by atoms with E-state index >= 15 is 0 Å². The highest BCUT2D eigenvalue weighted by Gasteiger charge is 1.99. The second-order valence-corrected chi connectivity index (χ2v) is 5.05. The molecule has 18 heavy (non-hydrogen) atoms. The summed E-state index contributed by atoms with van der Waals surface area (Å²) < 4.78 is 5.57. The van der Waals surface area contributed by atoms with Crippen LogP contribution in [0, 0.1) is 5.92 Å². The van der Waals surface area contributed by atoms with Gasteiger partial charge in [0, 0.05) is 13.2 Å². The Kier molecular flexibility index (Phi) is 7.62. The molecule has 0 amide bonds. The zero-order valence-electron chi connectivity index (χ0n) is 11.9. The molecule has 1 aromatic heterocycles. The Labute approximate surface area is 111 Å². The van der Waals surface area contributed by atoms with Gasteiger partial charge in [-0.25, -0.2) is 0 Å². The van der Waals surface area contributed by atoms with E-state index < -0.39 is 0 Å². The highest BCUT2D eigenvalue weighted by molar-refractivity contribution is 5.10. The average molecular weight is 250 g/mol. The summed E-state index contributed by atoms with van der Waals surface area (Å²) in [6.45, 7) is 9.89. The smallest absolute Gasteiger partial charge is 0.0887 e. The average Bonchev–Trinajstić information content (AvgIpc) is 2.35. The monoisotopic (exact) mass is 250 g/mol. The van der Waals surface area contributed by atoms with Gasteiger partial charge < -0.3 is 10.1 Å². The SMILES string of the molecule is CCCCOCc1cccc(CNCC(C)C)n1. The van der Waals surface area contributed by atoms with Gasteiger partial charge in [-0.05, 0) is 31.0 Å². The maximum Gasteiger partial charge on any atom is 0.0887 e. The minimum atomic E-state index is 0.623. The predicted octanol–water partition coefficient (Wildman–Crippen LogP) is 3.14. The van der Waals surface area contributed by atoms with Gasteiger partial charge in [0.05, 0.1) is 18.0 Å². The third-order valence-electron chi connectivity index (χ3n) is 2.62. The molecule has 0 aliphatic rings. The van der Waals surface area contributed by atoms with Crippen LogP contribution in [-0.2, 0) is 17.9 Å². The molecule has 0 radical (unpaired) electrons. The topological polar surface area (TPSA) is 34.1 Å². The maximum absolute atomic E-state index is 5.57. The van der Waals surface area contributed by atoms with Crippen LogP contribution in [0.2, 0.25) is 0 Å². The third kappa shape index (κ3) is 6.72. The molecule has 0 unspecified atom stereocenters. The van der Waals surface area contributed by atoms with E-state index in [1.807, 2.05) is 6.07 Å². The van der Waals surface area contributed by atoms with Gasteiger partial charge in [-0.3, -0.25) is 4.98 Å². The summed E-state index contributed by atoms with van der Waals surface area (Å²) >= 11 is 0. The normalized spacial score (nSPS) is 11.1. The van der Waals surface area contributed by atoms with E-state index in [0.717, 1.165) is 37.5 Å². The number of nitrogens with one attached hydrogen (secondary N) is 1. The Hall–Kier alpha value is -0.930. The van der Waals surface area contributed by atoms with Gasteiger partial charge in [-0.1, -0.05) is 33.3 Å². The molecule has 0 aliphatic carbocycles. The van der Waals surface area contributed by atoms with E-state index in [-0.39, 0.29) is 0 Å². The molecule has 0 aromatic carbocycles. The highest BCUT2D eigenvalue weighted by atomic mass is 16.5. The molecule has 1 aromatic rings. The van der Waals surface area contributed by atoms with Crippen molar-refractivity contribution < 1.29 is 4.74 Å². The first-order valence-corrected chi connectivity index (χ1v) is 6.95. The van der Waals surface area contributed by atoms with Crippen molar-refractivity contribution in [2.75, 3.05) is 13.2 Å². The minimum absolute atomic E-state index is 0.623. The van der Waals surface area contributed by atoms with Crippen molar-refractivity contribution in [2.24, 2.45) is 5.92 Å². The van der Waals surface area contributed by atoms with Crippen LogP contribution in [0.5, 0.6) is 0 Å². The molecule has 0 fully saturated rings. The van der Waals surface area contributed by atoms with Crippen LogP contribution in [0.1, 0.15) is 45.0 Å². The second kappa shape index (κ2) is 9.06. The van der Waals surface area contributed by atoms with Crippen LogP contribution in [0.3, 0.4) is 0 Å². The standard InChI is InChI=1S/C15H26N2O/c1-4-5-9-18-12-15-8-6-7-14(17-15)11-16-10-13(2)3/h6-8,13,16H,4-5,9-12H2,1-3H3. The molecule has 0 bridgehead atoms. The first-order chi connectivity index (χ1) is 8.72. The van der Waals surface area contributed by atoms with Crippen LogP contribution in [0.4, 0.5) is 0 Å². The lowest BCUT2D eigenvalue weighted by atomic mass is 10.2. The summed E-state index contributed by atoms with van der Waals surface area (Å²) in [6.07, 6.45) is 2.29. The minimum Gasteiger partial charge on any atom is -0.375 e. The van der Waals surface area contributed by atoms with E-state index in [2.05, 4.69) is 43.2 Å². The number of rotatable bonds is 9. The van der Waals surface area contributed by atoms with Crippen LogP contribution in [0.15, 0.2) is 18.2 Å². The summed E-state index contributed by atoms with van der Waals surface area (Å²) in [5, 5.41) is 3.40. The Morgan fingerprint density at radius 2 is 2.06 bits per heavy atom. The summed E-state index contributed by atoms with van der Waals surface area (Å²) in [4.78, 5) is 4.58. The van der Waals surface area contributed by atoms with Gasteiger partial charge >= 0.3 is 0 Å². The maximum atomic E-state index is 5.57. The highest BCUT2D eigenvalue weighted by Crippen LogP contribution is 2.02. The fraction of sp³-hybridized carbons (Fsp3) is 0.667. The summed E-state index contributed by atoms with van der Waals surface area (Å²) in [6, 6.07) is 6.14. The van der Waals surface area contributed by atoms with E-state index in [0.29, 0.717) is 12.5 Å². The number of pyridine rings is 1. The summed E-state index contributed by atoms with van der Waals surface area (Å²) in [5.74, 6) is 0.672. The van der Waals surface area contributed by atoms with Gasteiger partial charge in [0.25, 0.3) is 0 Å². The Balaban J connectivity index is 2.32. The molecule has 3 nitrogen and oxygen atoms in total. The van der Waals surface area contributed by atoms with Crippen molar-refractivity contribution in [1.82, 2.24) is 10.3 Å². The van der Waals surface area contributed by atoms with E-state index in [1.54, 1.807) is 0 Å². The van der Waals surface area contributed by atoms with Gasteiger partial charge in [-0.2, -0.15) is 0 Å². The quantitative estimate of drug-likeness (QED) is 0.684. The van der Waals surface area contributed by atoms with E-state index in [4.69, 9.17) is 4.74 Å². The van der Waals surface area contributed by atoms with Crippen molar-refractivity contribution in [3.05, 3.63) is 29.6 Å². The zero-order valence-corrected chi connectivity index (χ0v) is 11.9. The van der Waals surface area contributed by atoms with Crippen molar-refractivity contribution in [1.29, 1.82) is 0 Å². The van der Waals surface area contributed by atoms with Gasteiger partial charge in [0.1, 0.15) is 0 Å². The molecule has 0 saturated carbocycles. The van der Waals surface area contributed by atoms with Crippen molar-refractivity contribution in [3.63, 3.8) is 0 Å². The molecule has 0 atom stereocenters. The number of ether oxygens (including phenoxy) is 1. The van der Waals surface area contributed by atoms with Crippen molar-refractivity contribution in [2.45, 2.75) is 46.8 Å². The first kappa shape index (κ1) is 15.1. The molecule has 3 heteroatoms. The molecule has 0 aliphatic heterocycles. The number of hydrogen-bond donors (Lipinski definition) is 1. The van der Waals surface area contributed by atoms with Crippen LogP contribution in [0.25, 0.3) is 0 Å². The Morgan fingerprint density at radius 1 is 1.28 bits per heavy atom. The largest absolute Gasteiger partial charge is 0.375 e. The summed E-state index contributed by atoms with van der Waals surface area (Å²) in [7, 11) is 0. The number of nitrogens with zero attached hydrogens (tertiary/aromatic N) is 1. The van der Waals surface area contributed by atoms with Crippen molar-refractivity contribution in [3.8, 4) is 0 Å². The third-order valence-corrected chi connectivity index (χ3v) is 2.62. The number of hydrogen-bond acceptors (Lipinski definition) is 3. The molecule has 1 rings (SSSR count). The fourth-order valence-corrected chi connectivity index (χ4v) is 1.62. The van der Waals surface area contributed by atoms with Gasteiger partial charge in [0.2, 0.25) is 0 Å². The number of aromatic nitrogens is 1. The molecule has 0 spiro atoms. The lowest BCUT2D eigenvalue weighted by Crippen LogP contribution is -2.19. The lowest BCUT2D eigenvalue weighted by molar-refractivity contribution is 0.115. The Bertz CT molecular complexity index is 326. The molecular formula is C15H26N2O. The van der Waals surface area contributed by atoms with Gasteiger partial charge in [-0.15, -0.1) is 0 Å². The zero-order chi connectivity index (χ0) is 13.2. The lowest BCUT2D eigenvalue weighted by Gasteiger charge is -2.08.